The highest BCUT2D eigenvalue weighted by molar-refractivity contribution is 6.18. The van der Waals surface area contributed by atoms with Gasteiger partial charge in [-0.15, -0.1) is 13.2 Å². The number of furan rings is 2. The molecule has 0 N–H and O–H groups in total. The van der Waals surface area contributed by atoms with Crippen molar-refractivity contribution in [2.24, 2.45) is 0 Å². The van der Waals surface area contributed by atoms with Gasteiger partial charge in [-0.1, -0.05) is 202 Å². The van der Waals surface area contributed by atoms with Gasteiger partial charge in [0, 0.05) is 76.0 Å². The van der Waals surface area contributed by atoms with E-state index in [9.17, 15) is 0 Å². The number of para-hydroxylation sites is 8. The first-order valence-corrected chi connectivity index (χ1v) is 31.7. The van der Waals surface area contributed by atoms with Crippen LogP contribution < -0.4 is 0 Å². The number of hydrogen-bond donors (Lipinski definition) is 0. The van der Waals surface area contributed by atoms with Gasteiger partial charge in [-0.25, -0.2) is 0 Å². The van der Waals surface area contributed by atoms with Gasteiger partial charge in [-0.3, -0.25) is 0 Å². The number of benzene rings is 13. The summed E-state index contributed by atoms with van der Waals surface area (Å²) in [5.74, 6) is 0. The van der Waals surface area contributed by atoms with Crippen LogP contribution in [-0.4, -0.2) is 18.3 Å². The van der Waals surface area contributed by atoms with Gasteiger partial charge in [0.25, 0.3) is 0 Å². The largest absolute Gasteiger partial charge is 0.454 e. The van der Waals surface area contributed by atoms with Crippen LogP contribution in [0, 0.1) is 0 Å². The molecular formula is C86H64N4O2. The van der Waals surface area contributed by atoms with Crippen LogP contribution in [0.4, 0.5) is 0 Å². The summed E-state index contributed by atoms with van der Waals surface area (Å²) >= 11 is 0. The van der Waals surface area contributed by atoms with Crippen LogP contribution in [0.5, 0.6) is 0 Å². The van der Waals surface area contributed by atoms with Crippen molar-refractivity contribution < 1.29 is 8.83 Å². The molecule has 0 fully saturated rings. The number of fused-ring (bicyclic) bond motifs is 18. The van der Waals surface area contributed by atoms with Gasteiger partial charge >= 0.3 is 0 Å². The van der Waals surface area contributed by atoms with E-state index in [1.54, 1.807) is 12.2 Å². The van der Waals surface area contributed by atoms with E-state index in [-0.39, 0.29) is 0 Å². The quantitative estimate of drug-likeness (QED) is 0.156. The Kier molecular flexibility index (Phi) is 13.6. The minimum absolute atomic E-state index is 0.837. The molecule has 6 heterocycles. The summed E-state index contributed by atoms with van der Waals surface area (Å²) in [5, 5.41) is 13.9. The summed E-state index contributed by atoms with van der Waals surface area (Å²) in [6.07, 6.45) is 3.50. The lowest BCUT2D eigenvalue weighted by Crippen LogP contribution is -1.99. The predicted molar refractivity (Wildman–Crippen MR) is 392 cm³/mol. The molecule has 6 aromatic heterocycles. The molecule has 0 amide bonds. The van der Waals surface area contributed by atoms with Crippen LogP contribution in [0.25, 0.3) is 176 Å². The number of allylic oxidation sites excluding steroid dienone is 2. The first-order chi connectivity index (χ1) is 45.5. The molecule has 0 bridgehead atoms. The lowest BCUT2D eigenvalue weighted by atomic mass is 9.97. The van der Waals surface area contributed by atoms with Crippen LogP contribution >= 0.6 is 0 Å². The molecular weight excluding hydrogens is 1120 g/mol. The van der Waals surface area contributed by atoms with Gasteiger partial charge in [0.2, 0.25) is 0 Å². The van der Waals surface area contributed by atoms with E-state index < -0.39 is 0 Å². The van der Waals surface area contributed by atoms with Crippen LogP contribution in [0.1, 0.15) is 27.7 Å². The zero-order valence-corrected chi connectivity index (χ0v) is 51.7. The van der Waals surface area contributed by atoms with Crippen molar-refractivity contribution in [3.8, 4) is 45.0 Å². The third-order valence-corrected chi connectivity index (χ3v) is 17.9. The molecule has 0 aliphatic carbocycles. The summed E-state index contributed by atoms with van der Waals surface area (Å²) < 4.78 is 23.9. The first-order valence-electron chi connectivity index (χ1n) is 31.7. The highest BCUT2D eigenvalue weighted by Gasteiger charge is 2.25. The second-order valence-corrected chi connectivity index (χ2v) is 23.2. The Morgan fingerprint density at radius 2 is 0.500 bits per heavy atom. The lowest BCUT2D eigenvalue weighted by Gasteiger charge is -2.14. The molecule has 92 heavy (non-hydrogen) atoms. The van der Waals surface area contributed by atoms with Gasteiger partial charge in [-0.2, -0.15) is 0 Å². The summed E-state index contributed by atoms with van der Waals surface area (Å²) in [4.78, 5) is 0. The van der Waals surface area contributed by atoms with Crippen LogP contribution in [-0.2, 0) is 0 Å². The SMILES string of the molecule is C=CC.C=CC.CC.c1cc(-c2ccc3oc4c(-n5c6ccccc6c6ccccc65)cc(-n5c6ccccc6c6ccccc65)cc4c3c2)cc(-c2ccc3oc4c(-n5c6ccccc6c6ccccc65)cc(-n5c6ccccc6c6ccccc65)cc4c3c2)c1. The van der Waals surface area contributed by atoms with Crippen LogP contribution in [0.3, 0.4) is 0 Å². The van der Waals surface area contributed by atoms with Gasteiger partial charge in [0.05, 0.1) is 55.5 Å². The normalized spacial score (nSPS) is 11.6. The summed E-state index contributed by atoms with van der Waals surface area (Å²) in [6, 6.07) is 101. The molecule has 19 aromatic rings. The van der Waals surface area contributed by atoms with Crippen molar-refractivity contribution in [1.29, 1.82) is 0 Å². The molecule has 6 nitrogen and oxygen atoms in total. The number of aromatic nitrogens is 4. The number of nitrogens with zero attached hydrogens (tertiary/aromatic N) is 4. The number of hydrogen-bond acceptors (Lipinski definition) is 2. The van der Waals surface area contributed by atoms with E-state index in [2.05, 4.69) is 310 Å². The molecule has 0 radical (unpaired) electrons. The van der Waals surface area contributed by atoms with Gasteiger partial charge in [0.1, 0.15) is 11.2 Å². The second-order valence-electron chi connectivity index (χ2n) is 23.2. The van der Waals surface area contributed by atoms with Gasteiger partial charge < -0.3 is 27.1 Å². The maximum absolute atomic E-state index is 7.11. The molecule has 0 saturated carbocycles. The van der Waals surface area contributed by atoms with E-state index in [1.165, 1.54) is 43.1 Å². The Morgan fingerprint density at radius 3 is 0.783 bits per heavy atom. The predicted octanol–water partition coefficient (Wildman–Crippen LogP) is 24.6. The zero-order chi connectivity index (χ0) is 62.1. The summed E-state index contributed by atoms with van der Waals surface area (Å²) in [6.45, 7) is 14.5. The third-order valence-electron chi connectivity index (χ3n) is 17.9. The fourth-order valence-electron chi connectivity index (χ4n) is 14.3. The van der Waals surface area contributed by atoms with Gasteiger partial charge in [0.15, 0.2) is 11.2 Å². The molecule has 0 unspecified atom stereocenters. The average Bonchev–Trinajstić information content (AvgIpc) is 1.58. The standard InChI is InChI=1S/C78H46N4O2.2C3H6.C2H6/c1-9-28-65-53(20-1)54-21-2-10-29-66(54)79(65)51-43-63-61-41-49(36-38-75(61)83-77(63)73(45-51)81-69-32-13-5-24-57(69)58-25-6-14-33-70(58)81)47-18-17-19-48(40-47)50-37-39-76-62(42-50)64-44-52(80-67-30-11-3-22-55(67)56-23-4-12-31-68(56)80)46-74(78(64)84-76)82-71-34-15-7-26-59(71)60-27-8-16-35-72(60)82;2*1-3-2;1-2/h1-46H;2*3H,1H2,2H3;1-2H3. The highest BCUT2D eigenvalue weighted by atomic mass is 16.3. The highest BCUT2D eigenvalue weighted by Crippen LogP contribution is 2.46. The van der Waals surface area contributed by atoms with E-state index in [0.717, 1.165) is 133 Å². The van der Waals surface area contributed by atoms with Crippen LogP contribution in [0.2, 0.25) is 0 Å². The second kappa shape index (κ2) is 22.6. The van der Waals surface area contributed by atoms with Gasteiger partial charge in [-0.05, 0) is 139 Å². The summed E-state index contributed by atoms with van der Waals surface area (Å²) in [7, 11) is 0. The van der Waals surface area contributed by atoms with E-state index in [4.69, 9.17) is 8.83 Å². The van der Waals surface area contributed by atoms with Crippen molar-refractivity contribution in [2.75, 3.05) is 0 Å². The maximum Gasteiger partial charge on any atom is 0.159 e. The van der Waals surface area contributed by atoms with Crippen molar-refractivity contribution in [1.82, 2.24) is 18.3 Å². The third kappa shape index (κ3) is 8.63. The summed E-state index contributed by atoms with van der Waals surface area (Å²) in [5.41, 5.74) is 21.1. The molecule has 13 aromatic carbocycles. The average molecular weight is 1190 g/mol. The fourth-order valence-corrected chi connectivity index (χ4v) is 14.3. The molecule has 0 saturated heterocycles. The van der Waals surface area contributed by atoms with Crippen molar-refractivity contribution in [3.63, 3.8) is 0 Å². The monoisotopic (exact) mass is 1180 g/mol. The van der Waals surface area contributed by atoms with Crippen LogP contribution in [0.15, 0.2) is 313 Å². The topological polar surface area (TPSA) is 46.0 Å². The molecule has 0 spiro atoms. The lowest BCUT2D eigenvalue weighted by molar-refractivity contribution is 0.666. The molecule has 19 rings (SSSR count). The Balaban J connectivity index is 0.000000806. The molecule has 0 aliphatic rings. The zero-order valence-electron chi connectivity index (χ0n) is 51.7. The molecule has 0 aliphatic heterocycles. The Labute approximate surface area is 532 Å². The molecule has 6 heteroatoms. The minimum atomic E-state index is 0.837. The Morgan fingerprint density at radius 1 is 0.250 bits per heavy atom. The van der Waals surface area contributed by atoms with E-state index in [1.807, 2.05) is 27.7 Å². The molecule has 440 valence electrons. The van der Waals surface area contributed by atoms with Crippen molar-refractivity contribution >= 4 is 131 Å². The number of rotatable bonds is 6. The fraction of sp³-hybridized carbons (Fsp3) is 0.0465. The van der Waals surface area contributed by atoms with E-state index in [0.29, 0.717) is 0 Å². The smallest absolute Gasteiger partial charge is 0.159 e. The minimum Gasteiger partial charge on any atom is -0.454 e. The molecule has 0 atom stereocenters. The van der Waals surface area contributed by atoms with Crippen molar-refractivity contribution in [2.45, 2.75) is 27.7 Å². The Hall–Kier alpha value is -11.9. The van der Waals surface area contributed by atoms with E-state index >= 15 is 0 Å². The first kappa shape index (κ1) is 55.5. The Bertz CT molecular complexity index is 5550. The maximum atomic E-state index is 7.11. The van der Waals surface area contributed by atoms with Crippen molar-refractivity contribution in [3.05, 3.63) is 304 Å².